The van der Waals surface area contributed by atoms with Crippen LogP contribution in [0.3, 0.4) is 0 Å². The molecule has 0 spiro atoms. The number of benzene rings is 3. The van der Waals surface area contributed by atoms with Crippen LogP contribution in [-0.2, 0) is 6.54 Å². The summed E-state index contributed by atoms with van der Waals surface area (Å²) >= 11 is 7.73. The van der Waals surface area contributed by atoms with Crippen LogP contribution in [0.1, 0.15) is 30.1 Å². The predicted molar refractivity (Wildman–Crippen MR) is 162 cm³/mol. The lowest BCUT2D eigenvalue weighted by Gasteiger charge is -2.13. The van der Waals surface area contributed by atoms with E-state index < -0.39 is 4.92 Å². The highest BCUT2D eigenvalue weighted by Crippen LogP contribution is 2.37. The lowest BCUT2D eigenvalue weighted by atomic mass is 10.0. The fourth-order valence-corrected chi connectivity index (χ4v) is 5.53. The number of methoxy groups -OCH3 is 2. The minimum atomic E-state index is -0.548. The van der Waals surface area contributed by atoms with Crippen molar-refractivity contribution in [3.8, 4) is 34.0 Å². The maximum Gasteiger partial charge on any atom is 0.270 e. The second-order valence-corrected chi connectivity index (χ2v) is 10.5. The zero-order valence-electron chi connectivity index (χ0n) is 23.1. The van der Waals surface area contributed by atoms with Crippen molar-refractivity contribution in [1.29, 1.82) is 0 Å². The van der Waals surface area contributed by atoms with Crippen LogP contribution < -0.4 is 14.8 Å². The average molecular weight is 595 g/mol. The number of amides is 1. The molecule has 4 aromatic rings. The van der Waals surface area contributed by atoms with Crippen LogP contribution in [0.15, 0.2) is 71.9 Å². The summed E-state index contributed by atoms with van der Waals surface area (Å²) in [6, 6.07) is 19.7. The van der Waals surface area contributed by atoms with E-state index in [-0.39, 0.29) is 22.2 Å². The number of ether oxygens (including phenoxy) is 2. The Morgan fingerprint density at radius 1 is 1.02 bits per heavy atom. The van der Waals surface area contributed by atoms with E-state index in [2.05, 4.69) is 16.8 Å². The molecule has 0 aliphatic carbocycles. The molecule has 1 amide bonds. The zero-order chi connectivity index (χ0) is 29.4. The second kappa shape index (κ2) is 14.0. The molecule has 0 bridgehead atoms. The number of carbonyl (C=O) groups is 1. The van der Waals surface area contributed by atoms with Gasteiger partial charge in [-0.15, -0.1) is 0 Å². The van der Waals surface area contributed by atoms with E-state index in [0.717, 1.165) is 57.9 Å². The molecular formula is C30H31ClN4O5S. The number of nitrogens with one attached hydrogen (secondary N) is 1. The maximum atomic E-state index is 12.6. The molecule has 1 heterocycles. The molecule has 0 aliphatic heterocycles. The Morgan fingerprint density at radius 3 is 2.22 bits per heavy atom. The van der Waals surface area contributed by atoms with Crippen molar-refractivity contribution < 1.29 is 19.2 Å². The van der Waals surface area contributed by atoms with Crippen molar-refractivity contribution in [2.24, 2.45) is 0 Å². The molecule has 0 radical (unpaired) electrons. The summed E-state index contributed by atoms with van der Waals surface area (Å²) in [5, 5.41) is 14.7. The molecule has 0 saturated carbocycles. The van der Waals surface area contributed by atoms with Crippen molar-refractivity contribution in [2.45, 2.75) is 31.5 Å². The van der Waals surface area contributed by atoms with Gasteiger partial charge in [0.05, 0.1) is 41.1 Å². The third-order valence-electron chi connectivity index (χ3n) is 6.35. The van der Waals surface area contributed by atoms with Crippen LogP contribution in [0.5, 0.6) is 11.5 Å². The number of hydrogen-bond acceptors (Lipinski definition) is 7. The smallest absolute Gasteiger partial charge is 0.270 e. The Labute approximate surface area is 248 Å². The van der Waals surface area contributed by atoms with E-state index in [9.17, 15) is 14.9 Å². The molecule has 4 rings (SSSR count). The van der Waals surface area contributed by atoms with Crippen molar-refractivity contribution in [2.75, 3.05) is 26.5 Å². The first-order valence-electron chi connectivity index (χ1n) is 13.1. The summed E-state index contributed by atoms with van der Waals surface area (Å²) in [5.74, 6) is 1.91. The Morgan fingerprint density at radius 2 is 1.66 bits per heavy atom. The van der Waals surface area contributed by atoms with E-state index in [1.54, 1.807) is 26.0 Å². The zero-order valence-corrected chi connectivity index (χ0v) is 24.6. The minimum Gasteiger partial charge on any atom is -0.497 e. The Kier molecular flexibility index (Phi) is 10.3. The Balaban J connectivity index is 1.51. The quantitative estimate of drug-likeness (QED) is 0.0759. The van der Waals surface area contributed by atoms with Crippen molar-refractivity contribution in [1.82, 2.24) is 14.9 Å². The molecule has 0 atom stereocenters. The first-order chi connectivity index (χ1) is 19.9. The molecule has 9 nitrogen and oxygen atoms in total. The van der Waals surface area contributed by atoms with Gasteiger partial charge in [0.1, 0.15) is 11.5 Å². The highest BCUT2D eigenvalue weighted by atomic mass is 35.5. The van der Waals surface area contributed by atoms with Gasteiger partial charge in [-0.2, -0.15) is 0 Å². The number of nitrogens with zero attached hydrogens (tertiary/aromatic N) is 3. The van der Waals surface area contributed by atoms with Gasteiger partial charge in [-0.25, -0.2) is 4.98 Å². The van der Waals surface area contributed by atoms with E-state index in [4.69, 9.17) is 26.1 Å². The Bertz CT molecular complexity index is 1510. The fraction of sp³-hybridized carbons (Fsp3) is 0.267. The molecule has 214 valence electrons. The summed E-state index contributed by atoms with van der Waals surface area (Å²) in [5.41, 5.74) is 3.99. The standard InChI is InChI=1S/C30H31ClN4O5S/c1-4-17-34-28(21-8-13-24(40-3)14-9-21)27(20-6-11-23(39-2)12-7-20)33-30(34)41-18-5-16-32-29(36)25-15-10-22(35(37)38)19-26(25)31/h6-15,19H,4-5,16-18H2,1-3H3,(H,32,36). The molecule has 0 unspecified atom stereocenters. The number of non-ortho nitro benzene ring substituents is 1. The third kappa shape index (κ3) is 7.20. The SMILES string of the molecule is CCCn1c(SCCCNC(=O)c2ccc([N+](=O)[O-])cc2Cl)nc(-c2ccc(OC)cc2)c1-c1ccc(OC)cc1. The molecule has 0 saturated heterocycles. The van der Waals surface area contributed by atoms with Crippen LogP contribution in [0.4, 0.5) is 5.69 Å². The summed E-state index contributed by atoms with van der Waals surface area (Å²) in [7, 11) is 3.29. The molecule has 0 aliphatic rings. The molecule has 1 N–H and O–H groups in total. The number of imidazole rings is 1. The molecule has 11 heteroatoms. The van der Waals surface area contributed by atoms with Crippen LogP contribution in [-0.4, -0.2) is 46.9 Å². The highest BCUT2D eigenvalue weighted by Gasteiger charge is 2.21. The maximum absolute atomic E-state index is 12.6. The number of halogens is 1. The van der Waals surface area contributed by atoms with Gasteiger partial charge in [0.2, 0.25) is 0 Å². The van der Waals surface area contributed by atoms with Crippen LogP contribution in [0, 0.1) is 10.1 Å². The van der Waals surface area contributed by atoms with Crippen LogP contribution >= 0.6 is 23.4 Å². The normalized spacial score (nSPS) is 10.8. The number of aromatic nitrogens is 2. The number of nitro groups is 1. The monoisotopic (exact) mass is 594 g/mol. The second-order valence-electron chi connectivity index (χ2n) is 9.08. The van der Waals surface area contributed by atoms with Gasteiger partial charge in [0.25, 0.3) is 11.6 Å². The lowest BCUT2D eigenvalue weighted by molar-refractivity contribution is -0.384. The Hall–Kier alpha value is -4.02. The molecule has 41 heavy (non-hydrogen) atoms. The topological polar surface area (TPSA) is 109 Å². The average Bonchev–Trinajstić information content (AvgIpc) is 3.34. The van der Waals surface area contributed by atoms with Gasteiger partial charge in [0.15, 0.2) is 5.16 Å². The van der Waals surface area contributed by atoms with Gasteiger partial charge in [0, 0.05) is 42.1 Å². The minimum absolute atomic E-state index is 0.0461. The van der Waals surface area contributed by atoms with E-state index in [1.807, 2.05) is 48.5 Å². The van der Waals surface area contributed by atoms with Crippen LogP contribution in [0.25, 0.3) is 22.5 Å². The number of nitro benzene ring substituents is 1. The van der Waals surface area contributed by atoms with E-state index in [1.165, 1.54) is 18.2 Å². The largest absolute Gasteiger partial charge is 0.497 e. The van der Waals surface area contributed by atoms with Gasteiger partial charge in [-0.3, -0.25) is 14.9 Å². The van der Waals surface area contributed by atoms with E-state index >= 15 is 0 Å². The molecule has 3 aromatic carbocycles. The van der Waals surface area contributed by atoms with Gasteiger partial charge < -0.3 is 19.4 Å². The van der Waals surface area contributed by atoms with Crippen molar-refractivity contribution in [3.05, 3.63) is 87.4 Å². The number of rotatable bonds is 13. The summed E-state index contributed by atoms with van der Waals surface area (Å²) in [6.45, 7) is 3.35. The first-order valence-corrected chi connectivity index (χ1v) is 14.5. The molecule has 1 aromatic heterocycles. The predicted octanol–water partition coefficient (Wildman–Crippen LogP) is 7.12. The van der Waals surface area contributed by atoms with Crippen molar-refractivity contribution in [3.63, 3.8) is 0 Å². The summed E-state index contributed by atoms with van der Waals surface area (Å²) in [4.78, 5) is 28.0. The molecule has 0 fully saturated rings. The van der Waals surface area contributed by atoms with Crippen molar-refractivity contribution >= 4 is 35.0 Å². The highest BCUT2D eigenvalue weighted by molar-refractivity contribution is 7.99. The van der Waals surface area contributed by atoms with Crippen LogP contribution in [0.2, 0.25) is 5.02 Å². The van der Waals surface area contributed by atoms with Gasteiger partial charge in [-0.05, 0) is 67.4 Å². The summed E-state index contributed by atoms with van der Waals surface area (Å²) in [6.07, 6.45) is 1.62. The van der Waals surface area contributed by atoms with E-state index in [0.29, 0.717) is 13.0 Å². The number of thioether (sulfide) groups is 1. The van der Waals surface area contributed by atoms with Gasteiger partial charge in [-0.1, -0.05) is 30.3 Å². The molecular weight excluding hydrogens is 564 g/mol. The number of carbonyl (C=O) groups excluding carboxylic acids is 1. The first kappa shape index (κ1) is 30.0. The van der Waals surface area contributed by atoms with Gasteiger partial charge >= 0.3 is 0 Å². The summed E-state index contributed by atoms with van der Waals surface area (Å²) < 4.78 is 13.0. The lowest BCUT2D eigenvalue weighted by Crippen LogP contribution is -2.25. The third-order valence-corrected chi connectivity index (χ3v) is 7.73. The number of hydrogen-bond donors (Lipinski definition) is 1. The fourth-order valence-electron chi connectivity index (χ4n) is 4.30.